The van der Waals surface area contributed by atoms with Crippen LogP contribution in [-0.2, 0) is 11.2 Å². The van der Waals surface area contributed by atoms with Crippen molar-refractivity contribution in [3.8, 4) is 11.1 Å². The molecular formula is C20H23NO2. The number of hydrogen-bond acceptors (Lipinski definition) is 2. The Hall–Kier alpha value is -2.13. The molecule has 1 amide bonds. The third-order valence-electron chi connectivity index (χ3n) is 4.58. The summed E-state index contributed by atoms with van der Waals surface area (Å²) in [6.07, 6.45) is 0.909. The average molecular weight is 309 g/mol. The number of hydrogen-bond donors (Lipinski definition) is 0. The largest absolute Gasteiger partial charge is 0.383 e. The summed E-state index contributed by atoms with van der Waals surface area (Å²) in [4.78, 5) is 14.7. The first kappa shape index (κ1) is 15.8. The molecule has 0 unspecified atom stereocenters. The molecule has 0 saturated heterocycles. The van der Waals surface area contributed by atoms with E-state index in [1.807, 2.05) is 24.8 Å². The van der Waals surface area contributed by atoms with Crippen LogP contribution in [0.5, 0.6) is 0 Å². The van der Waals surface area contributed by atoms with Crippen LogP contribution in [0.25, 0.3) is 11.1 Å². The second-order valence-electron chi connectivity index (χ2n) is 6.10. The zero-order chi connectivity index (χ0) is 16.4. The summed E-state index contributed by atoms with van der Waals surface area (Å²) in [5, 5.41) is 0. The first-order valence-corrected chi connectivity index (χ1v) is 8.16. The minimum Gasteiger partial charge on any atom is -0.383 e. The minimum absolute atomic E-state index is 0.0722. The smallest absolute Gasteiger partial charge is 0.254 e. The molecule has 0 spiro atoms. The van der Waals surface area contributed by atoms with Gasteiger partial charge in [0.15, 0.2) is 0 Å². The van der Waals surface area contributed by atoms with Gasteiger partial charge in [0.2, 0.25) is 0 Å². The lowest BCUT2D eigenvalue weighted by atomic mass is 10.0. The lowest BCUT2D eigenvalue weighted by molar-refractivity contribution is 0.0579. The van der Waals surface area contributed by atoms with Crippen molar-refractivity contribution in [2.24, 2.45) is 0 Å². The molecular weight excluding hydrogens is 286 g/mol. The molecule has 0 heterocycles. The van der Waals surface area contributed by atoms with E-state index < -0.39 is 0 Å². The molecule has 0 bridgehead atoms. The van der Waals surface area contributed by atoms with E-state index in [-0.39, 0.29) is 11.9 Å². The number of carbonyl (C=O) groups is 1. The Balaban J connectivity index is 1.88. The number of ether oxygens (including phenoxy) is 1. The van der Waals surface area contributed by atoms with Crippen molar-refractivity contribution in [1.29, 1.82) is 0 Å². The van der Waals surface area contributed by atoms with Crippen LogP contribution >= 0.6 is 0 Å². The molecule has 0 fully saturated rings. The van der Waals surface area contributed by atoms with Crippen molar-refractivity contribution in [3.05, 3.63) is 59.2 Å². The lowest BCUT2D eigenvalue weighted by Gasteiger charge is -2.27. The highest BCUT2D eigenvalue weighted by Crippen LogP contribution is 2.36. The molecule has 0 aromatic heterocycles. The van der Waals surface area contributed by atoms with Crippen molar-refractivity contribution in [1.82, 2.24) is 4.90 Å². The first-order valence-electron chi connectivity index (χ1n) is 8.16. The number of rotatable bonds is 5. The average Bonchev–Trinajstić information content (AvgIpc) is 2.93. The number of nitrogens with zero attached hydrogens (tertiary/aromatic N) is 1. The van der Waals surface area contributed by atoms with Crippen LogP contribution in [0.15, 0.2) is 42.5 Å². The van der Waals surface area contributed by atoms with Gasteiger partial charge >= 0.3 is 0 Å². The van der Waals surface area contributed by atoms with E-state index in [1.165, 1.54) is 22.3 Å². The van der Waals surface area contributed by atoms with E-state index in [1.54, 1.807) is 7.11 Å². The molecule has 2 aromatic rings. The molecule has 3 heteroatoms. The van der Waals surface area contributed by atoms with Crippen LogP contribution in [0.4, 0.5) is 0 Å². The Morgan fingerprint density at radius 3 is 2.65 bits per heavy atom. The van der Waals surface area contributed by atoms with Gasteiger partial charge in [-0.2, -0.15) is 0 Å². The number of fused-ring (bicyclic) bond motifs is 3. The predicted molar refractivity (Wildman–Crippen MR) is 92.7 cm³/mol. The number of benzene rings is 2. The fraction of sp³-hybridized carbons (Fsp3) is 0.350. The highest BCUT2D eigenvalue weighted by Gasteiger charge is 2.23. The van der Waals surface area contributed by atoms with E-state index in [4.69, 9.17) is 4.74 Å². The monoisotopic (exact) mass is 309 g/mol. The molecule has 3 nitrogen and oxygen atoms in total. The third-order valence-corrected chi connectivity index (χ3v) is 4.58. The molecule has 120 valence electrons. The van der Waals surface area contributed by atoms with Gasteiger partial charge in [-0.1, -0.05) is 30.3 Å². The predicted octanol–water partition coefficient (Wildman–Crippen LogP) is 3.75. The molecule has 0 radical (unpaired) electrons. The first-order chi connectivity index (χ1) is 11.2. The summed E-state index contributed by atoms with van der Waals surface area (Å²) in [7, 11) is 1.67. The van der Waals surface area contributed by atoms with Crippen LogP contribution in [0.3, 0.4) is 0 Å². The zero-order valence-electron chi connectivity index (χ0n) is 14.0. The number of methoxy groups -OCH3 is 1. The van der Waals surface area contributed by atoms with Gasteiger partial charge in [0.05, 0.1) is 12.6 Å². The van der Waals surface area contributed by atoms with Crippen molar-refractivity contribution in [2.45, 2.75) is 26.3 Å². The molecule has 0 N–H and O–H groups in total. The fourth-order valence-corrected chi connectivity index (χ4v) is 3.43. The van der Waals surface area contributed by atoms with E-state index >= 15 is 0 Å². The third kappa shape index (κ3) is 2.89. The van der Waals surface area contributed by atoms with Gasteiger partial charge in [-0.05, 0) is 54.7 Å². The van der Waals surface area contributed by atoms with E-state index in [2.05, 4.69) is 36.4 Å². The molecule has 0 aliphatic heterocycles. The van der Waals surface area contributed by atoms with Crippen molar-refractivity contribution >= 4 is 5.91 Å². The summed E-state index contributed by atoms with van der Waals surface area (Å²) >= 11 is 0. The number of amides is 1. The van der Waals surface area contributed by atoms with Gasteiger partial charge in [0, 0.05) is 19.2 Å². The van der Waals surface area contributed by atoms with Crippen LogP contribution in [0.1, 0.15) is 35.3 Å². The van der Waals surface area contributed by atoms with Gasteiger partial charge in [0.1, 0.15) is 0 Å². The van der Waals surface area contributed by atoms with Gasteiger partial charge in [-0.15, -0.1) is 0 Å². The van der Waals surface area contributed by atoms with Crippen LogP contribution in [0, 0.1) is 0 Å². The van der Waals surface area contributed by atoms with Crippen LogP contribution in [0.2, 0.25) is 0 Å². The summed E-state index contributed by atoms with van der Waals surface area (Å²) < 4.78 is 5.19. The van der Waals surface area contributed by atoms with Crippen molar-refractivity contribution in [2.75, 3.05) is 20.3 Å². The van der Waals surface area contributed by atoms with Gasteiger partial charge < -0.3 is 9.64 Å². The van der Waals surface area contributed by atoms with E-state index in [9.17, 15) is 4.79 Å². The Bertz CT molecular complexity index is 723. The number of likely N-dealkylation sites (N-methyl/N-ethyl adjacent to an activating group) is 1. The maximum absolute atomic E-state index is 12.8. The van der Waals surface area contributed by atoms with Crippen molar-refractivity contribution < 1.29 is 9.53 Å². The Labute approximate surface area is 137 Å². The lowest BCUT2D eigenvalue weighted by Crippen LogP contribution is -2.40. The molecule has 2 aromatic carbocycles. The molecule has 1 atom stereocenters. The fourth-order valence-electron chi connectivity index (χ4n) is 3.43. The van der Waals surface area contributed by atoms with Crippen molar-refractivity contribution in [3.63, 3.8) is 0 Å². The normalized spacial score (nSPS) is 13.3. The standard InChI is InChI=1S/C20H23NO2/c1-4-21(14(2)13-23-3)20(22)16-9-10-19-17(12-16)11-15-7-5-6-8-18(15)19/h5-10,12,14H,4,11,13H2,1-3H3/t14-/m1/s1. The van der Waals surface area contributed by atoms with Crippen LogP contribution in [-0.4, -0.2) is 37.1 Å². The Morgan fingerprint density at radius 2 is 1.91 bits per heavy atom. The summed E-state index contributed by atoms with van der Waals surface area (Å²) in [6, 6.07) is 14.6. The van der Waals surface area contributed by atoms with Gasteiger partial charge in [-0.25, -0.2) is 0 Å². The SMILES string of the molecule is CCN(C(=O)c1ccc2c(c1)Cc1ccccc1-2)[C@H](C)COC. The molecule has 0 saturated carbocycles. The second-order valence-corrected chi connectivity index (χ2v) is 6.10. The van der Waals surface area contributed by atoms with E-state index in [0.29, 0.717) is 13.2 Å². The highest BCUT2D eigenvalue weighted by atomic mass is 16.5. The van der Waals surface area contributed by atoms with E-state index in [0.717, 1.165) is 12.0 Å². The quantitative estimate of drug-likeness (QED) is 0.718. The summed E-state index contributed by atoms with van der Waals surface area (Å²) in [5.41, 5.74) is 5.90. The molecule has 1 aliphatic carbocycles. The second kappa shape index (κ2) is 6.55. The number of carbonyl (C=O) groups excluding carboxylic acids is 1. The van der Waals surface area contributed by atoms with Gasteiger partial charge in [0.25, 0.3) is 5.91 Å². The summed E-state index contributed by atoms with van der Waals surface area (Å²) in [6.45, 7) is 5.26. The van der Waals surface area contributed by atoms with Crippen LogP contribution < -0.4 is 0 Å². The molecule has 3 rings (SSSR count). The Kier molecular flexibility index (Phi) is 4.49. The maximum Gasteiger partial charge on any atom is 0.254 e. The minimum atomic E-state index is 0.0722. The Morgan fingerprint density at radius 1 is 1.17 bits per heavy atom. The highest BCUT2D eigenvalue weighted by molar-refractivity contribution is 5.96. The molecule has 23 heavy (non-hydrogen) atoms. The zero-order valence-corrected chi connectivity index (χ0v) is 14.0. The molecule has 1 aliphatic rings. The maximum atomic E-state index is 12.8. The topological polar surface area (TPSA) is 29.5 Å². The summed E-state index contributed by atoms with van der Waals surface area (Å²) in [5.74, 6) is 0.0795. The van der Waals surface area contributed by atoms with Gasteiger partial charge in [-0.3, -0.25) is 4.79 Å².